The van der Waals surface area contributed by atoms with Crippen LogP contribution in [0.5, 0.6) is 5.75 Å². The summed E-state index contributed by atoms with van der Waals surface area (Å²) >= 11 is 1.36. The molecule has 1 saturated heterocycles. The van der Waals surface area contributed by atoms with Gasteiger partial charge in [0.1, 0.15) is 10.7 Å². The summed E-state index contributed by atoms with van der Waals surface area (Å²) in [6, 6.07) is 3.00. The van der Waals surface area contributed by atoms with E-state index in [2.05, 4.69) is 40.4 Å². The predicted molar refractivity (Wildman–Crippen MR) is 120 cm³/mol. The lowest BCUT2D eigenvalue weighted by molar-refractivity contribution is -0.157. The number of likely N-dealkylation sites (tertiary alicyclic amines) is 1. The van der Waals surface area contributed by atoms with Crippen molar-refractivity contribution in [3.63, 3.8) is 0 Å². The van der Waals surface area contributed by atoms with Gasteiger partial charge in [-0.2, -0.15) is 8.78 Å². The molecule has 1 N–H and O–H groups in total. The Balaban J connectivity index is 1.84. The van der Waals surface area contributed by atoms with Crippen molar-refractivity contribution in [2.75, 3.05) is 13.1 Å². The molecular weight excluding hydrogens is 436 g/mol. The second-order valence-electron chi connectivity index (χ2n) is 9.62. The molecule has 1 aliphatic rings. The van der Waals surface area contributed by atoms with Gasteiger partial charge in [-0.3, -0.25) is 14.7 Å². The fourth-order valence-corrected chi connectivity index (χ4v) is 5.44. The number of carboxylic acid groups (broad SMARTS) is 1. The average molecular weight is 468 g/mol. The van der Waals surface area contributed by atoms with Gasteiger partial charge in [-0.05, 0) is 36.3 Å². The largest absolute Gasteiger partial charge is 0.481 e. The van der Waals surface area contributed by atoms with E-state index in [9.17, 15) is 18.7 Å². The fraction of sp³-hybridized carbons (Fsp3) is 0.609. The van der Waals surface area contributed by atoms with E-state index < -0.39 is 18.0 Å². The van der Waals surface area contributed by atoms with Crippen molar-refractivity contribution in [3.05, 3.63) is 29.5 Å². The molecule has 0 bridgehead atoms. The predicted octanol–water partition coefficient (Wildman–Crippen LogP) is 5.55. The molecule has 32 heavy (non-hydrogen) atoms. The number of hydrogen-bond acceptors (Lipinski definition) is 6. The number of carboxylic acids is 1. The summed E-state index contributed by atoms with van der Waals surface area (Å²) in [6.45, 7) is 7.34. The van der Waals surface area contributed by atoms with Crippen LogP contribution in [0.4, 0.5) is 8.78 Å². The Labute approximate surface area is 191 Å². The van der Waals surface area contributed by atoms with Crippen LogP contribution in [0.15, 0.2) is 24.5 Å². The first-order valence-electron chi connectivity index (χ1n) is 10.8. The number of halogens is 2. The van der Waals surface area contributed by atoms with Gasteiger partial charge < -0.3 is 9.84 Å². The highest BCUT2D eigenvalue weighted by atomic mass is 32.1. The Morgan fingerprint density at radius 3 is 2.78 bits per heavy atom. The Morgan fingerprint density at radius 2 is 2.16 bits per heavy atom. The van der Waals surface area contributed by atoms with Gasteiger partial charge in [0, 0.05) is 25.5 Å². The second-order valence-corrected chi connectivity index (χ2v) is 10.7. The quantitative estimate of drug-likeness (QED) is 0.549. The van der Waals surface area contributed by atoms with Gasteiger partial charge >= 0.3 is 12.6 Å². The van der Waals surface area contributed by atoms with Crippen LogP contribution in [0.1, 0.15) is 52.0 Å². The fourth-order valence-electron chi connectivity index (χ4n) is 4.48. The van der Waals surface area contributed by atoms with Crippen LogP contribution in [0.25, 0.3) is 10.6 Å². The number of nitrogens with zero attached hydrogens (tertiary/aromatic N) is 3. The molecule has 0 unspecified atom stereocenters. The SMILES string of the molecule is CCC[C@@]1(C(=O)O)C[C@@H](C(C)(C)C)CN(Cc2ncc(-c3ncccc3OC(F)F)s2)C1. The first-order valence-corrected chi connectivity index (χ1v) is 11.7. The number of pyridine rings is 1. The van der Waals surface area contributed by atoms with Crippen LogP contribution >= 0.6 is 11.3 Å². The maximum Gasteiger partial charge on any atom is 0.387 e. The standard InChI is InChI=1S/C23H31F2N3O3S/c1-5-8-23(20(29)30)10-15(22(2,3)4)12-28(14-23)13-18-27-11-17(32-18)19-16(31-21(24)25)7-6-9-26-19/h6-7,9,11,15,21H,5,8,10,12-14H2,1-4H3,(H,29,30)/t15-,23-/m1/s1. The molecule has 0 aromatic carbocycles. The molecule has 0 saturated carbocycles. The number of aliphatic carboxylic acids is 1. The number of piperidine rings is 1. The van der Waals surface area contributed by atoms with Crippen molar-refractivity contribution in [3.8, 4) is 16.3 Å². The Hall–Kier alpha value is -2.13. The Morgan fingerprint density at radius 1 is 1.41 bits per heavy atom. The van der Waals surface area contributed by atoms with Crippen LogP contribution in [0.2, 0.25) is 0 Å². The smallest absolute Gasteiger partial charge is 0.387 e. The maximum atomic E-state index is 12.7. The molecule has 3 rings (SSSR count). The van der Waals surface area contributed by atoms with Crippen molar-refractivity contribution in [1.29, 1.82) is 0 Å². The number of thiazole rings is 1. The van der Waals surface area contributed by atoms with Gasteiger partial charge in [0.25, 0.3) is 0 Å². The Bertz CT molecular complexity index is 931. The van der Waals surface area contributed by atoms with Gasteiger partial charge in [-0.15, -0.1) is 11.3 Å². The number of hydrogen-bond donors (Lipinski definition) is 1. The van der Waals surface area contributed by atoms with E-state index in [1.165, 1.54) is 23.6 Å². The molecule has 2 aromatic rings. The van der Waals surface area contributed by atoms with Gasteiger partial charge in [-0.1, -0.05) is 34.1 Å². The molecule has 3 heterocycles. The molecule has 2 aromatic heterocycles. The first kappa shape index (κ1) is 24.5. The maximum absolute atomic E-state index is 12.7. The Kier molecular flexibility index (Phi) is 7.50. The van der Waals surface area contributed by atoms with E-state index >= 15 is 0 Å². The lowest BCUT2D eigenvalue weighted by Gasteiger charge is -2.48. The zero-order chi connectivity index (χ0) is 23.5. The summed E-state index contributed by atoms with van der Waals surface area (Å²) < 4.78 is 30.1. The van der Waals surface area contributed by atoms with Crippen LogP contribution in [0, 0.1) is 16.7 Å². The number of rotatable bonds is 8. The van der Waals surface area contributed by atoms with Crippen molar-refractivity contribution < 1.29 is 23.4 Å². The van der Waals surface area contributed by atoms with E-state index in [1.54, 1.807) is 12.3 Å². The summed E-state index contributed by atoms with van der Waals surface area (Å²) in [5, 5.41) is 10.9. The van der Waals surface area contributed by atoms with Gasteiger partial charge in [0.2, 0.25) is 0 Å². The van der Waals surface area contributed by atoms with E-state index in [0.29, 0.717) is 36.5 Å². The summed E-state index contributed by atoms with van der Waals surface area (Å²) in [5.41, 5.74) is -0.463. The van der Waals surface area contributed by atoms with Crippen molar-refractivity contribution in [1.82, 2.24) is 14.9 Å². The van der Waals surface area contributed by atoms with E-state index in [4.69, 9.17) is 0 Å². The highest BCUT2D eigenvalue weighted by Gasteiger charge is 2.47. The molecule has 0 spiro atoms. The highest BCUT2D eigenvalue weighted by molar-refractivity contribution is 7.15. The third-order valence-corrected chi connectivity index (χ3v) is 7.17. The lowest BCUT2D eigenvalue weighted by Crippen LogP contribution is -2.53. The minimum Gasteiger partial charge on any atom is -0.481 e. The normalized spacial score (nSPS) is 22.3. The van der Waals surface area contributed by atoms with Gasteiger partial charge in [0.15, 0.2) is 5.75 Å². The van der Waals surface area contributed by atoms with Crippen molar-refractivity contribution in [2.24, 2.45) is 16.7 Å². The summed E-state index contributed by atoms with van der Waals surface area (Å²) in [7, 11) is 0. The summed E-state index contributed by atoms with van der Waals surface area (Å²) in [5.74, 6) is -0.489. The number of aromatic nitrogens is 2. The zero-order valence-corrected chi connectivity index (χ0v) is 19.8. The van der Waals surface area contributed by atoms with E-state index in [1.807, 2.05) is 6.92 Å². The molecule has 0 radical (unpaired) electrons. The molecule has 176 valence electrons. The van der Waals surface area contributed by atoms with Crippen molar-refractivity contribution in [2.45, 2.75) is 60.1 Å². The highest BCUT2D eigenvalue weighted by Crippen LogP contribution is 2.44. The molecule has 1 fully saturated rings. The molecule has 6 nitrogen and oxygen atoms in total. The number of ether oxygens (including phenoxy) is 1. The van der Waals surface area contributed by atoms with Crippen LogP contribution < -0.4 is 4.74 Å². The molecule has 0 aliphatic carbocycles. The van der Waals surface area contributed by atoms with Crippen LogP contribution in [-0.2, 0) is 11.3 Å². The first-order chi connectivity index (χ1) is 15.0. The lowest BCUT2D eigenvalue weighted by atomic mass is 9.65. The van der Waals surface area contributed by atoms with Gasteiger partial charge in [0.05, 0.1) is 16.8 Å². The molecule has 0 amide bonds. The third-order valence-electron chi connectivity index (χ3n) is 6.18. The van der Waals surface area contributed by atoms with E-state index in [-0.39, 0.29) is 17.1 Å². The minimum atomic E-state index is -2.93. The number of carbonyl (C=O) groups is 1. The molecule has 1 aliphatic heterocycles. The number of alkyl halides is 2. The minimum absolute atomic E-state index is 0.0105. The van der Waals surface area contributed by atoms with Crippen LogP contribution in [-0.4, -0.2) is 45.6 Å². The van der Waals surface area contributed by atoms with E-state index in [0.717, 1.165) is 18.0 Å². The second kappa shape index (κ2) is 9.79. The average Bonchev–Trinajstić information content (AvgIpc) is 3.15. The molecular formula is C23H31F2N3O3S. The monoisotopic (exact) mass is 467 g/mol. The van der Waals surface area contributed by atoms with Gasteiger partial charge in [-0.25, -0.2) is 4.98 Å². The molecule has 2 atom stereocenters. The zero-order valence-electron chi connectivity index (χ0n) is 19.0. The van der Waals surface area contributed by atoms with Crippen LogP contribution in [0.3, 0.4) is 0 Å². The summed E-state index contributed by atoms with van der Waals surface area (Å²) in [6.07, 6.45) is 5.25. The van der Waals surface area contributed by atoms with Crippen molar-refractivity contribution >= 4 is 17.3 Å². The molecule has 9 heteroatoms. The summed E-state index contributed by atoms with van der Waals surface area (Å²) in [4.78, 5) is 23.8. The topological polar surface area (TPSA) is 75.5 Å². The third kappa shape index (κ3) is 5.61.